The summed E-state index contributed by atoms with van der Waals surface area (Å²) >= 11 is 1.61. The number of nitriles is 1. The molecule has 2 heterocycles. The van der Waals surface area contributed by atoms with E-state index in [0.29, 0.717) is 23.8 Å². The van der Waals surface area contributed by atoms with Gasteiger partial charge >= 0.3 is 0 Å². The van der Waals surface area contributed by atoms with Crippen molar-refractivity contribution in [3.05, 3.63) is 65.4 Å². The van der Waals surface area contributed by atoms with Crippen LogP contribution in [0.2, 0.25) is 0 Å². The maximum atomic E-state index is 9.22. The van der Waals surface area contributed by atoms with Crippen molar-refractivity contribution >= 4 is 11.8 Å². The molecular weight excluding hydrogens is 320 g/mol. The zero-order chi connectivity index (χ0) is 16.4. The Bertz CT molecular complexity index is 875. The van der Waals surface area contributed by atoms with Gasteiger partial charge in [0.25, 0.3) is 0 Å². The van der Waals surface area contributed by atoms with Gasteiger partial charge in [-0.1, -0.05) is 30.0 Å². The molecule has 0 radical (unpaired) electrons. The van der Waals surface area contributed by atoms with Crippen LogP contribution in [0.25, 0.3) is 0 Å². The van der Waals surface area contributed by atoms with Crippen LogP contribution in [-0.4, -0.2) is 14.8 Å². The highest BCUT2D eigenvalue weighted by Crippen LogP contribution is 2.40. The molecule has 4 rings (SSSR count). The van der Waals surface area contributed by atoms with Crippen LogP contribution >= 0.6 is 11.8 Å². The monoisotopic (exact) mass is 336 g/mol. The Morgan fingerprint density at radius 3 is 2.83 bits per heavy atom. The third-order valence-electron chi connectivity index (χ3n) is 4.08. The molecule has 1 saturated carbocycles. The van der Waals surface area contributed by atoms with Crippen molar-refractivity contribution in [2.45, 2.75) is 36.2 Å². The van der Waals surface area contributed by atoms with Gasteiger partial charge in [-0.25, -0.2) is 0 Å². The van der Waals surface area contributed by atoms with Crippen molar-refractivity contribution in [2.24, 2.45) is 0 Å². The van der Waals surface area contributed by atoms with Crippen molar-refractivity contribution in [3.8, 4) is 6.07 Å². The summed E-state index contributed by atoms with van der Waals surface area (Å²) < 4.78 is 7.64. The molecule has 6 heteroatoms. The van der Waals surface area contributed by atoms with Gasteiger partial charge < -0.3 is 4.42 Å². The van der Waals surface area contributed by atoms with Gasteiger partial charge in [-0.05, 0) is 36.6 Å². The van der Waals surface area contributed by atoms with Crippen LogP contribution in [0, 0.1) is 11.3 Å². The number of benzene rings is 1. The summed E-state index contributed by atoms with van der Waals surface area (Å²) in [5.41, 5.74) is 1.73. The van der Waals surface area contributed by atoms with E-state index in [0.717, 1.165) is 22.3 Å². The Morgan fingerprint density at radius 1 is 1.21 bits per heavy atom. The molecular formula is C18H16N4OS. The van der Waals surface area contributed by atoms with Gasteiger partial charge in [-0.3, -0.25) is 4.57 Å². The quantitative estimate of drug-likeness (QED) is 0.637. The van der Waals surface area contributed by atoms with Crippen molar-refractivity contribution in [1.29, 1.82) is 5.26 Å². The molecule has 1 aliphatic carbocycles. The molecule has 120 valence electrons. The molecule has 0 atom stereocenters. The summed E-state index contributed by atoms with van der Waals surface area (Å²) in [7, 11) is 0. The highest BCUT2D eigenvalue weighted by Gasteiger charge is 2.30. The Balaban J connectivity index is 1.57. The second-order valence-corrected chi connectivity index (χ2v) is 6.78. The minimum absolute atomic E-state index is 0.521. The Kier molecular flexibility index (Phi) is 4.09. The molecule has 0 N–H and O–H groups in total. The van der Waals surface area contributed by atoms with Gasteiger partial charge in [0.1, 0.15) is 11.6 Å². The molecule has 0 unspecified atom stereocenters. The Hall–Kier alpha value is -2.52. The summed E-state index contributed by atoms with van der Waals surface area (Å²) in [5.74, 6) is 3.16. The van der Waals surface area contributed by atoms with E-state index in [1.807, 2.05) is 36.4 Å². The second kappa shape index (κ2) is 6.54. The SMILES string of the molecule is N#Cc1ccccc1CSc1nnc(C2CC2)n1Cc1ccco1. The third kappa shape index (κ3) is 3.08. The van der Waals surface area contributed by atoms with Crippen LogP contribution in [0.5, 0.6) is 0 Å². The second-order valence-electron chi connectivity index (χ2n) is 5.84. The summed E-state index contributed by atoms with van der Waals surface area (Å²) in [6, 6.07) is 13.8. The molecule has 1 aromatic carbocycles. The lowest BCUT2D eigenvalue weighted by atomic mass is 10.1. The van der Waals surface area contributed by atoms with Gasteiger partial charge in [-0.15, -0.1) is 10.2 Å². The standard InChI is InChI=1S/C18H16N4OS/c19-10-14-4-1-2-5-15(14)12-24-18-21-20-17(13-7-8-13)22(18)11-16-6-3-9-23-16/h1-6,9,13H,7-8,11-12H2. The fraction of sp³-hybridized carbons (Fsp3) is 0.278. The molecule has 0 aliphatic heterocycles. The summed E-state index contributed by atoms with van der Waals surface area (Å²) in [5, 5.41) is 18.9. The zero-order valence-corrected chi connectivity index (χ0v) is 13.9. The number of hydrogen-bond acceptors (Lipinski definition) is 5. The molecule has 0 bridgehead atoms. The normalized spacial score (nSPS) is 13.8. The van der Waals surface area contributed by atoms with Crippen LogP contribution in [0.15, 0.2) is 52.2 Å². The van der Waals surface area contributed by atoms with Crippen molar-refractivity contribution in [3.63, 3.8) is 0 Å². The summed E-state index contributed by atoms with van der Waals surface area (Å²) in [6.45, 7) is 0.647. The first kappa shape index (κ1) is 15.0. The topological polar surface area (TPSA) is 67.6 Å². The third-order valence-corrected chi connectivity index (χ3v) is 5.09. The van der Waals surface area contributed by atoms with Gasteiger partial charge in [0.05, 0.1) is 24.4 Å². The maximum Gasteiger partial charge on any atom is 0.191 e. The molecule has 0 spiro atoms. The van der Waals surface area contributed by atoms with E-state index in [9.17, 15) is 5.26 Å². The van der Waals surface area contributed by atoms with Gasteiger partial charge in [-0.2, -0.15) is 5.26 Å². The number of aromatic nitrogens is 3. The van der Waals surface area contributed by atoms with E-state index in [1.165, 1.54) is 12.8 Å². The first-order valence-electron chi connectivity index (χ1n) is 7.91. The Labute approximate surface area is 144 Å². The van der Waals surface area contributed by atoms with Crippen molar-refractivity contribution in [1.82, 2.24) is 14.8 Å². The van der Waals surface area contributed by atoms with Gasteiger partial charge in [0.2, 0.25) is 0 Å². The zero-order valence-electron chi connectivity index (χ0n) is 13.1. The van der Waals surface area contributed by atoms with Crippen LogP contribution in [-0.2, 0) is 12.3 Å². The minimum Gasteiger partial charge on any atom is -0.467 e. The average Bonchev–Trinajstić information content (AvgIpc) is 3.18. The van der Waals surface area contributed by atoms with Crippen LogP contribution < -0.4 is 0 Å². The molecule has 1 fully saturated rings. The predicted octanol–water partition coefficient (Wildman–Crippen LogP) is 3.96. The van der Waals surface area contributed by atoms with E-state index in [4.69, 9.17) is 4.42 Å². The number of nitrogens with zero attached hydrogens (tertiary/aromatic N) is 4. The number of rotatable bonds is 6. The van der Waals surface area contributed by atoms with Gasteiger partial charge in [0, 0.05) is 11.7 Å². The molecule has 1 aliphatic rings. The lowest BCUT2D eigenvalue weighted by Crippen LogP contribution is -2.05. The molecule has 3 aromatic rings. The fourth-order valence-electron chi connectivity index (χ4n) is 2.65. The van der Waals surface area contributed by atoms with Crippen molar-refractivity contribution in [2.75, 3.05) is 0 Å². The van der Waals surface area contributed by atoms with Crippen LogP contribution in [0.1, 0.15) is 41.5 Å². The molecule has 24 heavy (non-hydrogen) atoms. The minimum atomic E-state index is 0.521. The predicted molar refractivity (Wildman–Crippen MR) is 90.5 cm³/mol. The van der Waals surface area contributed by atoms with E-state index in [-0.39, 0.29) is 0 Å². The first-order valence-corrected chi connectivity index (χ1v) is 8.90. The largest absolute Gasteiger partial charge is 0.467 e. The van der Waals surface area contributed by atoms with E-state index < -0.39 is 0 Å². The summed E-state index contributed by atoms with van der Waals surface area (Å²) in [6.07, 6.45) is 4.04. The lowest BCUT2D eigenvalue weighted by molar-refractivity contribution is 0.478. The van der Waals surface area contributed by atoms with Crippen molar-refractivity contribution < 1.29 is 4.42 Å². The summed E-state index contributed by atoms with van der Waals surface area (Å²) in [4.78, 5) is 0. The highest BCUT2D eigenvalue weighted by atomic mass is 32.2. The molecule has 5 nitrogen and oxygen atoms in total. The smallest absolute Gasteiger partial charge is 0.191 e. The number of hydrogen-bond donors (Lipinski definition) is 0. The number of thioether (sulfide) groups is 1. The average molecular weight is 336 g/mol. The Morgan fingerprint density at radius 2 is 2.08 bits per heavy atom. The molecule has 0 saturated heterocycles. The maximum absolute atomic E-state index is 9.22. The lowest BCUT2D eigenvalue weighted by Gasteiger charge is -2.08. The first-order chi connectivity index (χ1) is 11.8. The molecule has 2 aromatic heterocycles. The van der Waals surface area contributed by atoms with Crippen LogP contribution in [0.3, 0.4) is 0 Å². The van der Waals surface area contributed by atoms with E-state index >= 15 is 0 Å². The van der Waals surface area contributed by atoms with E-state index in [1.54, 1.807) is 18.0 Å². The number of furan rings is 1. The molecule has 0 amide bonds. The van der Waals surface area contributed by atoms with E-state index in [2.05, 4.69) is 20.8 Å². The fourth-order valence-corrected chi connectivity index (χ4v) is 3.60. The highest BCUT2D eigenvalue weighted by molar-refractivity contribution is 7.98. The van der Waals surface area contributed by atoms with Crippen LogP contribution in [0.4, 0.5) is 0 Å². The van der Waals surface area contributed by atoms with Gasteiger partial charge in [0.15, 0.2) is 5.16 Å².